The Hall–Kier alpha value is -1.03. The molecule has 2 aromatic rings. The van der Waals surface area contributed by atoms with Crippen LogP contribution in [0.2, 0.25) is 5.02 Å². The van der Waals surface area contributed by atoms with Crippen molar-refractivity contribution in [1.29, 1.82) is 0 Å². The van der Waals surface area contributed by atoms with E-state index in [1.54, 1.807) is 19.1 Å². The molecule has 1 aromatic carbocycles. The van der Waals surface area contributed by atoms with E-state index in [9.17, 15) is 10.2 Å². The largest absolute Gasteiger partial charge is 0.457 e. The number of fused-ring (bicyclic) bond motifs is 1. The molecule has 0 bridgehead atoms. The average molecular weight is 241 g/mol. The number of aliphatic hydroxyl groups is 2. The molecule has 0 radical (unpaired) electrons. The predicted octanol–water partition coefficient (Wildman–Crippen LogP) is 2.89. The first-order chi connectivity index (χ1) is 7.63. The Kier molecular flexibility index (Phi) is 3.19. The molecule has 1 heterocycles. The molecular formula is C12H13ClO3. The molecule has 2 rings (SSSR count). The minimum Gasteiger partial charge on any atom is -0.457 e. The highest BCUT2D eigenvalue weighted by atomic mass is 35.5. The van der Waals surface area contributed by atoms with E-state index in [1.165, 1.54) is 0 Å². The summed E-state index contributed by atoms with van der Waals surface area (Å²) in [5.74, 6) is 0.345. The van der Waals surface area contributed by atoms with Crippen LogP contribution in [0.1, 0.15) is 25.2 Å². The van der Waals surface area contributed by atoms with Crippen LogP contribution in [0, 0.1) is 0 Å². The van der Waals surface area contributed by atoms with Crippen LogP contribution < -0.4 is 0 Å². The van der Waals surface area contributed by atoms with E-state index in [2.05, 4.69) is 0 Å². The van der Waals surface area contributed by atoms with Gasteiger partial charge in [0.15, 0.2) is 5.58 Å². The zero-order valence-corrected chi connectivity index (χ0v) is 9.61. The summed E-state index contributed by atoms with van der Waals surface area (Å²) >= 11 is 5.95. The van der Waals surface area contributed by atoms with Gasteiger partial charge in [-0.2, -0.15) is 0 Å². The molecule has 3 nitrogen and oxygen atoms in total. The zero-order chi connectivity index (χ0) is 11.7. The summed E-state index contributed by atoms with van der Waals surface area (Å²) in [6.07, 6.45) is -1.36. The van der Waals surface area contributed by atoms with Gasteiger partial charge in [-0.3, -0.25) is 0 Å². The summed E-state index contributed by atoms with van der Waals surface area (Å²) in [5, 5.41) is 20.7. The van der Waals surface area contributed by atoms with Gasteiger partial charge in [0, 0.05) is 5.39 Å². The van der Waals surface area contributed by atoms with Gasteiger partial charge in [0.05, 0.1) is 11.1 Å². The highest BCUT2D eigenvalue weighted by Gasteiger charge is 2.21. The Labute approximate surface area is 98.3 Å². The van der Waals surface area contributed by atoms with Gasteiger partial charge in [0.2, 0.25) is 0 Å². The van der Waals surface area contributed by atoms with Gasteiger partial charge in [-0.05, 0) is 18.6 Å². The van der Waals surface area contributed by atoms with Crippen LogP contribution in [0.3, 0.4) is 0 Å². The van der Waals surface area contributed by atoms with E-state index in [0.717, 1.165) is 5.39 Å². The number of benzene rings is 1. The summed E-state index contributed by atoms with van der Waals surface area (Å²) in [4.78, 5) is 0. The molecule has 2 N–H and O–H groups in total. The second kappa shape index (κ2) is 4.45. The van der Waals surface area contributed by atoms with Crippen molar-refractivity contribution in [3.8, 4) is 0 Å². The maximum absolute atomic E-state index is 9.79. The molecule has 4 heteroatoms. The van der Waals surface area contributed by atoms with Crippen LogP contribution in [-0.4, -0.2) is 16.3 Å². The van der Waals surface area contributed by atoms with Crippen molar-refractivity contribution in [2.45, 2.75) is 25.6 Å². The molecule has 0 saturated heterocycles. The van der Waals surface area contributed by atoms with Crippen molar-refractivity contribution in [2.24, 2.45) is 0 Å². The number of para-hydroxylation sites is 1. The van der Waals surface area contributed by atoms with Gasteiger partial charge < -0.3 is 14.6 Å². The summed E-state index contributed by atoms with van der Waals surface area (Å²) < 4.78 is 5.44. The Balaban J connectivity index is 2.43. The number of hydrogen-bond acceptors (Lipinski definition) is 3. The fourth-order valence-corrected chi connectivity index (χ4v) is 1.83. The maximum Gasteiger partial charge on any atom is 0.152 e. The second-order valence-electron chi connectivity index (χ2n) is 3.73. The minimum atomic E-state index is -1.01. The molecule has 0 aliphatic rings. The predicted molar refractivity (Wildman–Crippen MR) is 62.5 cm³/mol. The molecule has 16 heavy (non-hydrogen) atoms. The molecule has 0 saturated carbocycles. The van der Waals surface area contributed by atoms with Gasteiger partial charge in [0.25, 0.3) is 0 Å². The molecule has 0 aliphatic carbocycles. The quantitative estimate of drug-likeness (QED) is 0.867. The van der Waals surface area contributed by atoms with Crippen molar-refractivity contribution in [3.05, 3.63) is 35.0 Å². The van der Waals surface area contributed by atoms with Crippen LogP contribution in [0.15, 0.2) is 28.7 Å². The molecule has 0 spiro atoms. The fraction of sp³-hybridized carbons (Fsp3) is 0.333. The van der Waals surface area contributed by atoms with Gasteiger partial charge >= 0.3 is 0 Å². The molecule has 0 fully saturated rings. The third-order valence-electron chi connectivity index (χ3n) is 2.59. The van der Waals surface area contributed by atoms with Crippen molar-refractivity contribution in [3.63, 3.8) is 0 Å². The van der Waals surface area contributed by atoms with Gasteiger partial charge in [0.1, 0.15) is 11.9 Å². The monoisotopic (exact) mass is 240 g/mol. The Morgan fingerprint density at radius 3 is 2.75 bits per heavy atom. The van der Waals surface area contributed by atoms with Crippen LogP contribution in [0.5, 0.6) is 0 Å². The summed E-state index contributed by atoms with van der Waals surface area (Å²) in [7, 11) is 0. The topological polar surface area (TPSA) is 53.6 Å². The summed E-state index contributed by atoms with van der Waals surface area (Å²) in [5.41, 5.74) is 0.543. The minimum absolute atomic E-state index is 0.345. The summed E-state index contributed by atoms with van der Waals surface area (Å²) in [6, 6.07) is 7.08. The third-order valence-corrected chi connectivity index (χ3v) is 2.89. The van der Waals surface area contributed by atoms with Crippen molar-refractivity contribution >= 4 is 22.6 Å². The van der Waals surface area contributed by atoms with Crippen LogP contribution in [0.4, 0.5) is 0 Å². The van der Waals surface area contributed by atoms with Crippen LogP contribution in [-0.2, 0) is 0 Å². The first kappa shape index (κ1) is 11.5. The first-order valence-corrected chi connectivity index (χ1v) is 5.55. The summed E-state index contributed by atoms with van der Waals surface area (Å²) in [6.45, 7) is 1.80. The van der Waals surface area contributed by atoms with Crippen LogP contribution >= 0.6 is 11.6 Å². The Morgan fingerprint density at radius 2 is 2.12 bits per heavy atom. The fourth-order valence-electron chi connectivity index (χ4n) is 1.61. The lowest BCUT2D eigenvalue weighted by Crippen LogP contribution is -2.16. The van der Waals surface area contributed by atoms with Crippen LogP contribution in [0.25, 0.3) is 11.0 Å². The number of hydrogen-bond donors (Lipinski definition) is 2. The van der Waals surface area contributed by atoms with E-state index < -0.39 is 12.2 Å². The number of furan rings is 1. The standard InChI is InChI=1S/C12H13ClO3/c1-2-9(14)11(15)10-6-7-4-3-5-8(13)12(7)16-10/h3-6,9,11,14-15H,2H2,1H3. The maximum atomic E-state index is 9.79. The highest BCUT2D eigenvalue weighted by Crippen LogP contribution is 2.30. The molecule has 86 valence electrons. The molecular weight excluding hydrogens is 228 g/mol. The molecule has 0 aliphatic heterocycles. The third kappa shape index (κ3) is 1.94. The Morgan fingerprint density at radius 1 is 1.38 bits per heavy atom. The van der Waals surface area contributed by atoms with E-state index in [-0.39, 0.29) is 0 Å². The number of halogens is 1. The van der Waals surface area contributed by atoms with E-state index in [0.29, 0.717) is 22.8 Å². The molecule has 0 amide bonds. The van der Waals surface area contributed by atoms with Gasteiger partial charge in [-0.25, -0.2) is 0 Å². The lowest BCUT2D eigenvalue weighted by Gasteiger charge is -2.12. The second-order valence-corrected chi connectivity index (χ2v) is 4.13. The van der Waals surface area contributed by atoms with E-state index >= 15 is 0 Å². The molecule has 2 unspecified atom stereocenters. The highest BCUT2D eigenvalue weighted by molar-refractivity contribution is 6.34. The smallest absolute Gasteiger partial charge is 0.152 e. The van der Waals surface area contributed by atoms with Gasteiger partial charge in [-0.1, -0.05) is 30.7 Å². The van der Waals surface area contributed by atoms with Crippen molar-refractivity contribution in [2.75, 3.05) is 0 Å². The molecule has 2 atom stereocenters. The SMILES string of the molecule is CCC(O)C(O)c1cc2cccc(Cl)c2o1. The van der Waals surface area contributed by atoms with E-state index in [1.807, 2.05) is 12.1 Å². The first-order valence-electron chi connectivity index (χ1n) is 5.17. The zero-order valence-electron chi connectivity index (χ0n) is 8.85. The van der Waals surface area contributed by atoms with Crippen molar-refractivity contribution in [1.82, 2.24) is 0 Å². The average Bonchev–Trinajstić information content (AvgIpc) is 2.72. The molecule has 1 aromatic heterocycles. The lowest BCUT2D eigenvalue weighted by atomic mass is 10.1. The number of rotatable bonds is 3. The Bertz CT molecular complexity index is 492. The van der Waals surface area contributed by atoms with Crippen molar-refractivity contribution < 1.29 is 14.6 Å². The van der Waals surface area contributed by atoms with Gasteiger partial charge in [-0.15, -0.1) is 0 Å². The normalized spacial score (nSPS) is 15.2. The lowest BCUT2D eigenvalue weighted by molar-refractivity contribution is 0.00464. The van der Waals surface area contributed by atoms with E-state index in [4.69, 9.17) is 16.0 Å². The number of aliphatic hydroxyl groups excluding tert-OH is 2.